The number of hydrogen-bond acceptors (Lipinski definition) is 6. The van der Waals surface area contributed by atoms with Crippen LogP contribution in [0.5, 0.6) is 0 Å². The number of ketones is 1. The van der Waals surface area contributed by atoms with E-state index in [0.29, 0.717) is 36.0 Å². The van der Waals surface area contributed by atoms with Gasteiger partial charge >= 0.3 is 0 Å². The van der Waals surface area contributed by atoms with Gasteiger partial charge in [0.2, 0.25) is 0 Å². The van der Waals surface area contributed by atoms with Crippen molar-refractivity contribution in [3.63, 3.8) is 0 Å². The van der Waals surface area contributed by atoms with Crippen LogP contribution in [0, 0.1) is 12.8 Å². The maximum Gasteiger partial charge on any atom is 0.270 e. The second-order valence-corrected chi connectivity index (χ2v) is 12.8. The molecule has 1 aromatic rings. The van der Waals surface area contributed by atoms with Crippen LogP contribution < -0.4 is 5.73 Å². The zero-order chi connectivity index (χ0) is 27.8. The molecule has 6 nitrogen and oxygen atoms in total. The molecule has 1 heterocycles. The van der Waals surface area contributed by atoms with Crippen molar-refractivity contribution in [1.82, 2.24) is 4.90 Å². The van der Waals surface area contributed by atoms with Gasteiger partial charge in [-0.05, 0) is 82.3 Å². The molecule has 8 heteroatoms. The number of aliphatic hydroxyl groups is 1. The van der Waals surface area contributed by atoms with Crippen LogP contribution in [0.4, 0.5) is 4.39 Å². The number of likely N-dealkylation sites (tertiary alicyclic amines) is 1. The number of carbonyl (C=O) groups is 2. The van der Waals surface area contributed by atoms with Gasteiger partial charge in [0.25, 0.3) is 5.91 Å². The molecule has 3 fully saturated rings. The number of Topliss-reactive ketones (excluding diaryl/α,β-unsaturated/α-hetero) is 1. The fourth-order valence-electron chi connectivity index (χ4n) is 5.98. The summed E-state index contributed by atoms with van der Waals surface area (Å²) in [5, 5.41) is 10.3. The zero-order valence-corrected chi connectivity index (χ0v) is 24.1. The van der Waals surface area contributed by atoms with E-state index in [2.05, 4.69) is 36.2 Å². The fraction of sp³-hybridized carbons (Fsp3) is 0.645. The largest absolute Gasteiger partial charge is 0.394 e. The number of hydrogen-bond donors (Lipinski definition) is 2. The molecular weight excluding hydrogens is 513 g/mol. The Morgan fingerprint density at radius 3 is 2.69 bits per heavy atom. The highest BCUT2D eigenvalue weighted by Gasteiger charge is 2.32. The molecule has 2 saturated carbocycles. The Morgan fingerprint density at radius 2 is 1.90 bits per heavy atom. The molecule has 1 amide bonds. The number of aliphatic hydroxyl groups excluding tert-OH is 1. The SMILES string of the molecule is Cc1ccccc1SC1CCCC(CCC(=O)CN=C2CCCCC2=C(N)C(=O)N2CC[C@H](O)[C@@H](F)C2)CC1. The van der Waals surface area contributed by atoms with Crippen LogP contribution in [-0.2, 0) is 9.59 Å². The third-order valence-electron chi connectivity index (χ3n) is 8.49. The second kappa shape index (κ2) is 14.4. The van der Waals surface area contributed by atoms with Gasteiger partial charge in [0.05, 0.1) is 19.2 Å². The molecule has 3 aliphatic rings. The van der Waals surface area contributed by atoms with E-state index in [9.17, 15) is 19.1 Å². The van der Waals surface area contributed by atoms with E-state index in [-0.39, 0.29) is 37.5 Å². The van der Waals surface area contributed by atoms with E-state index in [4.69, 9.17) is 5.73 Å². The van der Waals surface area contributed by atoms with Crippen LogP contribution in [0.25, 0.3) is 0 Å². The molecule has 1 aromatic carbocycles. The number of carbonyl (C=O) groups excluding carboxylic acids is 2. The number of benzene rings is 1. The standard InChI is InChI=1S/C31H44FN3O3S/c1-21-7-2-5-12-29(21)39-24-9-6-8-22(14-16-24)13-15-23(36)19-34-27-11-4-3-10-25(27)30(33)31(38)35-18-17-28(37)26(32)20-35/h2,5,7,12,22,24,26,28,37H,3-4,6,8-11,13-20,33H2,1H3/t22?,24?,26-,28-/m0/s1. The van der Waals surface area contributed by atoms with Crippen molar-refractivity contribution in [1.29, 1.82) is 0 Å². The number of alkyl halides is 1. The van der Waals surface area contributed by atoms with Crippen molar-refractivity contribution >= 4 is 29.2 Å². The van der Waals surface area contributed by atoms with Crippen molar-refractivity contribution in [3.05, 3.63) is 41.1 Å². The van der Waals surface area contributed by atoms with Crippen molar-refractivity contribution < 1.29 is 19.1 Å². The predicted molar refractivity (Wildman–Crippen MR) is 156 cm³/mol. The summed E-state index contributed by atoms with van der Waals surface area (Å²) in [6.45, 7) is 2.44. The summed E-state index contributed by atoms with van der Waals surface area (Å²) < 4.78 is 14.0. The average Bonchev–Trinajstić information content (AvgIpc) is 3.18. The first kappa shape index (κ1) is 29.8. The molecule has 4 rings (SSSR count). The average molecular weight is 558 g/mol. The van der Waals surface area contributed by atoms with Crippen LogP contribution >= 0.6 is 11.8 Å². The van der Waals surface area contributed by atoms with Gasteiger partial charge in [0.15, 0.2) is 5.78 Å². The minimum absolute atomic E-state index is 0.112. The highest BCUT2D eigenvalue weighted by Crippen LogP contribution is 2.37. The Morgan fingerprint density at radius 1 is 1.10 bits per heavy atom. The number of aliphatic imine (C=N–C) groups is 1. The molecule has 39 heavy (non-hydrogen) atoms. The lowest BCUT2D eigenvalue weighted by atomic mass is 9.90. The first-order valence-electron chi connectivity index (χ1n) is 14.7. The van der Waals surface area contributed by atoms with Gasteiger partial charge in [0.1, 0.15) is 11.9 Å². The lowest BCUT2D eigenvalue weighted by Gasteiger charge is -2.33. The summed E-state index contributed by atoms with van der Waals surface area (Å²) in [5.74, 6) is 0.329. The molecule has 214 valence electrons. The number of aryl methyl sites for hydroxylation is 1. The summed E-state index contributed by atoms with van der Waals surface area (Å²) in [4.78, 5) is 33.1. The molecule has 0 bridgehead atoms. The van der Waals surface area contributed by atoms with E-state index >= 15 is 0 Å². The molecule has 1 aliphatic heterocycles. The maximum absolute atomic E-state index is 14.0. The lowest BCUT2D eigenvalue weighted by Crippen LogP contribution is -2.48. The number of nitrogens with zero attached hydrogens (tertiary/aromatic N) is 2. The van der Waals surface area contributed by atoms with E-state index in [1.807, 2.05) is 11.8 Å². The number of amides is 1. The van der Waals surface area contributed by atoms with Gasteiger partial charge in [-0.2, -0.15) is 0 Å². The second-order valence-electron chi connectivity index (χ2n) is 11.4. The highest BCUT2D eigenvalue weighted by molar-refractivity contribution is 8.00. The Labute approximate surface area is 236 Å². The molecule has 0 radical (unpaired) electrons. The predicted octanol–water partition coefficient (Wildman–Crippen LogP) is 5.54. The van der Waals surface area contributed by atoms with Gasteiger partial charge in [-0.1, -0.05) is 31.0 Å². The number of rotatable bonds is 8. The Hall–Kier alpha value is -2.19. The number of halogens is 1. The van der Waals surface area contributed by atoms with Gasteiger partial charge in [-0.25, -0.2) is 4.39 Å². The topological polar surface area (TPSA) is 96.0 Å². The third kappa shape index (κ3) is 8.40. The van der Waals surface area contributed by atoms with E-state index in [1.165, 1.54) is 47.5 Å². The molecule has 1 saturated heterocycles. The Balaban J connectivity index is 1.27. The van der Waals surface area contributed by atoms with Gasteiger partial charge in [-0.15, -0.1) is 11.8 Å². The van der Waals surface area contributed by atoms with Crippen molar-refractivity contribution in [2.75, 3.05) is 19.6 Å². The van der Waals surface area contributed by atoms with Crippen molar-refractivity contribution in [3.8, 4) is 0 Å². The number of thioether (sulfide) groups is 1. The lowest BCUT2D eigenvalue weighted by molar-refractivity contribution is -0.131. The summed E-state index contributed by atoms with van der Waals surface area (Å²) in [6, 6.07) is 8.60. The van der Waals surface area contributed by atoms with Crippen LogP contribution in [-0.4, -0.2) is 64.6 Å². The maximum atomic E-state index is 14.0. The fourth-order valence-corrected chi connectivity index (χ4v) is 7.29. The summed E-state index contributed by atoms with van der Waals surface area (Å²) >= 11 is 2.01. The van der Waals surface area contributed by atoms with Gasteiger partial charge < -0.3 is 15.7 Å². The number of piperidine rings is 1. The van der Waals surface area contributed by atoms with E-state index < -0.39 is 18.2 Å². The number of allylic oxidation sites excluding steroid dienone is 1. The van der Waals surface area contributed by atoms with Crippen LogP contribution in [0.1, 0.15) is 82.6 Å². The molecular formula is C31H44FN3O3S. The van der Waals surface area contributed by atoms with E-state index in [0.717, 1.165) is 25.0 Å². The normalized spacial score (nSPS) is 28.7. The molecule has 2 aliphatic carbocycles. The summed E-state index contributed by atoms with van der Waals surface area (Å²) in [6.07, 6.45) is 8.37. The van der Waals surface area contributed by atoms with Crippen LogP contribution in [0.15, 0.2) is 45.4 Å². The molecule has 0 spiro atoms. The summed E-state index contributed by atoms with van der Waals surface area (Å²) in [7, 11) is 0. The van der Waals surface area contributed by atoms with E-state index in [1.54, 1.807) is 0 Å². The van der Waals surface area contributed by atoms with Crippen molar-refractivity contribution in [2.45, 2.75) is 106 Å². The molecule has 3 N–H and O–H groups in total. The van der Waals surface area contributed by atoms with Crippen LogP contribution in [0.2, 0.25) is 0 Å². The molecule has 4 atom stereocenters. The number of nitrogens with two attached hydrogens (primary N) is 1. The Kier molecular flexibility index (Phi) is 11.0. The highest BCUT2D eigenvalue weighted by atomic mass is 32.2. The monoisotopic (exact) mass is 557 g/mol. The zero-order valence-electron chi connectivity index (χ0n) is 23.2. The first-order valence-corrected chi connectivity index (χ1v) is 15.6. The molecule has 0 aromatic heterocycles. The molecule has 2 unspecified atom stereocenters. The quantitative estimate of drug-likeness (QED) is 0.323. The van der Waals surface area contributed by atoms with Crippen molar-refractivity contribution in [2.24, 2.45) is 16.6 Å². The van der Waals surface area contributed by atoms with Crippen LogP contribution in [0.3, 0.4) is 0 Å². The Bertz CT molecular complexity index is 1070. The minimum atomic E-state index is -1.45. The smallest absolute Gasteiger partial charge is 0.270 e. The van der Waals surface area contributed by atoms with Gasteiger partial charge in [-0.3, -0.25) is 14.6 Å². The minimum Gasteiger partial charge on any atom is -0.394 e. The summed E-state index contributed by atoms with van der Waals surface area (Å²) in [5.41, 5.74) is 9.19. The third-order valence-corrected chi connectivity index (χ3v) is 10.0. The van der Waals surface area contributed by atoms with Gasteiger partial charge in [0, 0.05) is 34.4 Å². The first-order chi connectivity index (χ1) is 18.8.